The molecule has 3 heterocycles. The van der Waals surface area contributed by atoms with Crippen LogP contribution in [0.25, 0.3) is 10.2 Å². The molecule has 0 saturated carbocycles. The van der Waals surface area contributed by atoms with Gasteiger partial charge in [-0.15, -0.1) is 11.3 Å². The zero-order valence-corrected chi connectivity index (χ0v) is 11.7. The Bertz CT molecular complexity index is 664. The summed E-state index contributed by atoms with van der Waals surface area (Å²) in [6, 6.07) is 1.94. The minimum atomic E-state index is 0.503. The zero-order chi connectivity index (χ0) is 13.1. The minimum absolute atomic E-state index is 0.503. The predicted molar refractivity (Wildman–Crippen MR) is 77.8 cm³/mol. The fourth-order valence-electron chi connectivity index (χ4n) is 1.78. The second-order valence-electron chi connectivity index (χ2n) is 4.06. The maximum atomic E-state index is 6.10. The summed E-state index contributed by atoms with van der Waals surface area (Å²) in [6.45, 7) is 1.72. The summed E-state index contributed by atoms with van der Waals surface area (Å²) in [4.78, 5) is 13.6. The fraction of sp³-hybridized carbons (Fsp3) is 0.250. The SMILES string of the molecule is Clc1nc(NCCCn2ccnc2)nc2sccc12. The van der Waals surface area contributed by atoms with E-state index in [0.717, 1.165) is 29.7 Å². The number of hydrogen-bond acceptors (Lipinski definition) is 5. The van der Waals surface area contributed by atoms with Gasteiger partial charge in [0.15, 0.2) is 0 Å². The number of hydrogen-bond donors (Lipinski definition) is 1. The first kappa shape index (κ1) is 12.4. The summed E-state index contributed by atoms with van der Waals surface area (Å²) in [5.74, 6) is 0.589. The summed E-state index contributed by atoms with van der Waals surface area (Å²) < 4.78 is 2.04. The molecule has 0 radical (unpaired) electrons. The van der Waals surface area contributed by atoms with Crippen molar-refractivity contribution in [3.05, 3.63) is 35.3 Å². The molecule has 0 atom stereocenters. The minimum Gasteiger partial charge on any atom is -0.354 e. The van der Waals surface area contributed by atoms with Crippen LogP contribution in [-0.2, 0) is 6.54 Å². The highest BCUT2D eigenvalue weighted by Crippen LogP contribution is 2.25. The van der Waals surface area contributed by atoms with E-state index in [1.54, 1.807) is 17.5 Å². The summed E-state index contributed by atoms with van der Waals surface area (Å²) in [5, 5.41) is 6.58. The zero-order valence-electron chi connectivity index (χ0n) is 10.1. The third kappa shape index (κ3) is 2.85. The van der Waals surface area contributed by atoms with E-state index in [1.165, 1.54) is 0 Å². The van der Waals surface area contributed by atoms with Gasteiger partial charge in [-0.1, -0.05) is 11.6 Å². The fourth-order valence-corrected chi connectivity index (χ4v) is 2.83. The van der Waals surface area contributed by atoms with Crippen molar-refractivity contribution >= 4 is 39.1 Å². The number of thiophene rings is 1. The van der Waals surface area contributed by atoms with Crippen LogP contribution in [0.4, 0.5) is 5.95 Å². The molecule has 0 bridgehead atoms. The van der Waals surface area contributed by atoms with Gasteiger partial charge in [-0.25, -0.2) is 15.0 Å². The number of anilines is 1. The molecule has 19 heavy (non-hydrogen) atoms. The molecule has 0 fully saturated rings. The summed E-state index contributed by atoms with van der Waals surface area (Å²) in [5.41, 5.74) is 0. The van der Waals surface area contributed by atoms with Gasteiger partial charge in [-0.2, -0.15) is 0 Å². The van der Waals surface area contributed by atoms with Crippen molar-refractivity contribution in [3.8, 4) is 0 Å². The van der Waals surface area contributed by atoms with E-state index in [4.69, 9.17) is 11.6 Å². The maximum absolute atomic E-state index is 6.10. The summed E-state index contributed by atoms with van der Waals surface area (Å²) in [6.07, 6.45) is 6.51. The second-order valence-corrected chi connectivity index (χ2v) is 5.31. The highest BCUT2D eigenvalue weighted by Gasteiger charge is 2.06. The van der Waals surface area contributed by atoms with E-state index in [9.17, 15) is 0 Å². The third-order valence-corrected chi connectivity index (χ3v) is 3.81. The molecule has 0 aliphatic carbocycles. The molecule has 98 valence electrons. The normalized spacial score (nSPS) is 11.0. The molecule has 0 aromatic carbocycles. The first-order valence-electron chi connectivity index (χ1n) is 5.93. The average Bonchev–Trinajstić information content (AvgIpc) is 3.05. The number of halogens is 1. The number of rotatable bonds is 5. The van der Waals surface area contributed by atoms with Gasteiger partial charge in [0.25, 0.3) is 0 Å². The molecular formula is C12H12ClN5S. The lowest BCUT2D eigenvalue weighted by Gasteiger charge is -2.05. The Kier molecular flexibility index (Phi) is 3.61. The van der Waals surface area contributed by atoms with Crippen LogP contribution in [0, 0.1) is 0 Å². The van der Waals surface area contributed by atoms with Gasteiger partial charge < -0.3 is 9.88 Å². The molecule has 1 N–H and O–H groups in total. The van der Waals surface area contributed by atoms with Crippen molar-refractivity contribution in [1.29, 1.82) is 0 Å². The predicted octanol–water partition coefficient (Wildman–Crippen LogP) is 3.04. The maximum Gasteiger partial charge on any atom is 0.225 e. The number of nitrogens with zero attached hydrogens (tertiary/aromatic N) is 4. The van der Waals surface area contributed by atoms with Gasteiger partial charge in [0, 0.05) is 30.9 Å². The number of imidazole rings is 1. The van der Waals surface area contributed by atoms with Crippen LogP contribution in [0.2, 0.25) is 5.15 Å². The number of aromatic nitrogens is 4. The highest BCUT2D eigenvalue weighted by atomic mass is 35.5. The second kappa shape index (κ2) is 5.54. The largest absolute Gasteiger partial charge is 0.354 e. The van der Waals surface area contributed by atoms with E-state index in [-0.39, 0.29) is 0 Å². The van der Waals surface area contributed by atoms with Crippen LogP contribution in [0.3, 0.4) is 0 Å². The van der Waals surface area contributed by atoms with Crippen molar-refractivity contribution < 1.29 is 0 Å². The van der Waals surface area contributed by atoms with Crippen LogP contribution in [0.1, 0.15) is 6.42 Å². The Morgan fingerprint density at radius 3 is 3.16 bits per heavy atom. The first-order valence-corrected chi connectivity index (χ1v) is 7.19. The van der Waals surface area contributed by atoms with Gasteiger partial charge in [0.05, 0.1) is 6.33 Å². The van der Waals surface area contributed by atoms with Crippen molar-refractivity contribution in [2.75, 3.05) is 11.9 Å². The molecule has 0 aliphatic heterocycles. The molecule has 3 aromatic rings. The molecule has 0 amide bonds. The molecular weight excluding hydrogens is 282 g/mol. The first-order chi connectivity index (χ1) is 9.33. The molecule has 7 heteroatoms. The lowest BCUT2D eigenvalue weighted by Crippen LogP contribution is -2.08. The van der Waals surface area contributed by atoms with Crippen LogP contribution in [-0.4, -0.2) is 26.1 Å². The quantitative estimate of drug-likeness (QED) is 0.580. The van der Waals surface area contributed by atoms with E-state index in [2.05, 4.69) is 20.3 Å². The van der Waals surface area contributed by atoms with Crippen molar-refractivity contribution in [2.24, 2.45) is 0 Å². The van der Waals surface area contributed by atoms with Gasteiger partial charge >= 0.3 is 0 Å². The number of nitrogens with one attached hydrogen (secondary N) is 1. The molecule has 5 nitrogen and oxygen atoms in total. The van der Waals surface area contributed by atoms with Crippen LogP contribution >= 0.6 is 22.9 Å². The molecule has 0 spiro atoms. The highest BCUT2D eigenvalue weighted by molar-refractivity contribution is 7.16. The Labute approximate surface area is 119 Å². The van der Waals surface area contributed by atoms with Crippen LogP contribution in [0.5, 0.6) is 0 Å². The van der Waals surface area contributed by atoms with Crippen LogP contribution in [0.15, 0.2) is 30.2 Å². The van der Waals surface area contributed by atoms with Gasteiger partial charge in [-0.05, 0) is 17.9 Å². The topological polar surface area (TPSA) is 55.6 Å². The van der Waals surface area contributed by atoms with Crippen molar-refractivity contribution in [3.63, 3.8) is 0 Å². The van der Waals surface area contributed by atoms with E-state index >= 15 is 0 Å². The monoisotopic (exact) mass is 293 g/mol. The molecule has 3 rings (SSSR count). The molecule has 0 saturated heterocycles. The molecule has 3 aromatic heterocycles. The molecule has 0 unspecified atom stereocenters. The molecule has 0 aliphatic rings. The van der Waals surface area contributed by atoms with Gasteiger partial charge in [0.2, 0.25) is 5.95 Å². The number of fused-ring (bicyclic) bond motifs is 1. The Morgan fingerprint density at radius 1 is 1.37 bits per heavy atom. The van der Waals surface area contributed by atoms with Crippen molar-refractivity contribution in [1.82, 2.24) is 19.5 Å². The van der Waals surface area contributed by atoms with Crippen LogP contribution < -0.4 is 5.32 Å². The Balaban J connectivity index is 1.59. The Morgan fingerprint density at radius 2 is 2.32 bits per heavy atom. The lowest BCUT2D eigenvalue weighted by atomic mass is 10.4. The smallest absolute Gasteiger partial charge is 0.225 e. The number of aryl methyl sites for hydroxylation is 1. The summed E-state index contributed by atoms with van der Waals surface area (Å²) in [7, 11) is 0. The average molecular weight is 294 g/mol. The van der Waals surface area contributed by atoms with Gasteiger partial charge in [-0.3, -0.25) is 0 Å². The summed E-state index contributed by atoms with van der Waals surface area (Å²) >= 11 is 7.67. The van der Waals surface area contributed by atoms with Crippen molar-refractivity contribution in [2.45, 2.75) is 13.0 Å². The van der Waals surface area contributed by atoms with Gasteiger partial charge in [0.1, 0.15) is 9.98 Å². The standard InChI is InChI=1S/C12H12ClN5S/c13-10-9-2-7-19-11(9)17-12(16-10)15-3-1-5-18-6-4-14-8-18/h2,4,6-8H,1,3,5H2,(H,15,16,17). The Hall–Kier alpha value is -1.66. The van der Waals surface area contributed by atoms with E-state index < -0.39 is 0 Å². The van der Waals surface area contributed by atoms with E-state index in [0.29, 0.717) is 11.1 Å². The van der Waals surface area contributed by atoms with E-state index in [1.807, 2.05) is 28.5 Å². The third-order valence-electron chi connectivity index (χ3n) is 2.71. The lowest BCUT2D eigenvalue weighted by molar-refractivity contribution is 0.659.